The number of anilines is 3. The number of nitrogens with one attached hydrogen (secondary N) is 2. The van der Waals surface area contributed by atoms with E-state index in [1.807, 2.05) is 26.0 Å². The van der Waals surface area contributed by atoms with Crippen LogP contribution in [0.1, 0.15) is 32.0 Å². The molecule has 6 nitrogen and oxygen atoms in total. The van der Waals surface area contributed by atoms with E-state index in [1.54, 1.807) is 29.6 Å². The van der Waals surface area contributed by atoms with Gasteiger partial charge in [0, 0.05) is 22.3 Å². The molecule has 132 valence electrons. The summed E-state index contributed by atoms with van der Waals surface area (Å²) >= 11 is 1.36. The first-order chi connectivity index (χ1) is 12.4. The van der Waals surface area contributed by atoms with Gasteiger partial charge < -0.3 is 16.4 Å². The lowest BCUT2D eigenvalue weighted by Crippen LogP contribution is -2.13. The molecule has 26 heavy (non-hydrogen) atoms. The largest absolute Gasteiger partial charge is 0.366 e. The van der Waals surface area contributed by atoms with Gasteiger partial charge in [-0.25, -0.2) is 4.98 Å². The summed E-state index contributed by atoms with van der Waals surface area (Å²) in [7, 11) is 0. The lowest BCUT2D eigenvalue weighted by atomic mass is 10.1. The Balaban J connectivity index is 1.68. The number of carbonyl (C=O) groups is 2. The Kier molecular flexibility index (Phi) is 4.99. The SMILES string of the molecule is Cc1ccc(Nc2nc(C(=O)Nc3ccc(C(N)=O)cc3)cs2)c(C)c1. The molecule has 0 atom stereocenters. The van der Waals surface area contributed by atoms with E-state index in [1.165, 1.54) is 16.9 Å². The van der Waals surface area contributed by atoms with Crippen molar-refractivity contribution in [3.63, 3.8) is 0 Å². The predicted molar refractivity (Wildman–Crippen MR) is 104 cm³/mol. The van der Waals surface area contributed by atoms with Gasteiger partial charge in [-0.2, -0.15) is 0 Å². The van der Waals surface area contributed by atoms with E-state index >= 15 is 0 Å². The molecule has 2 amide bonds. The Bertz CT molecular complexity index is 964. The molecule has 0 bridgehead atoms. The van der Waals surface area contributed by atoms with E-state index in [0.717, 1.165) is 11.3 Å². The fourth-order valence-electron chi connectivity index (χ4n) is 2.42. The van der Waals surface area contributed by atoms with E-state index in [0.29, 0.717) is 22.1 Å². The molecule has 0 unspecified atom stereocenters. The topological polar surface area (TPSA) is 97.1 Å². The lowest BCUT2D eigenvalue weighted by Gasteiger charge is -2.07. The second-order valence-corrected chi connectivity index (χ2v) is 6.74. The van der Waals surface area contributed by atoms with Crippen molar-refractivity contribution in [2.24, 2.45) is 5.73 Å². The van der Waals surface area contributed by atoms with Gasteiger partial charge in [-0.3, -0.25) is 9.59 Å². The van der Waals surface area contributed by atoms with Gasteiger partial charge in [0.25, 0.3) is 5.91 Å². The molecule has 1 heterocycles. The maximum absolute atomic E-state index is 12.3. The number of thiazole rings is 1. The van der Waals surface area contributed by atoms with Gasteiger partial charge >= 0.3 is 0 Å². The number of aromatic nitrogens is 1. The Labute approximate surface area is 155 Å². The summed E-state index contributed by atoms with van der Waals surface area (Å²) in [6, 6.07) is 12.5. The molecule has 0 radical (unpaired) electrons. The standard InChI is InChI=1S/C19H18N4O2S/c1-11-3-8-15(12(2)9-11)22-19-23-16(10-26-19)18(25)21-14-6-4-13(5-7-14)17(20)24/h3-10H,1-2H3,(H2,20,24)(H,21,25)(H,22,23). The van der Waals surface area contributed by atoms with Gasteiger partial charge in [-0.15, -0.1) is 11.3 Å². The van der Waals surface area contributed by atoms with E-state index in [2.05, 4.69) is 21.7 Å². The van der Waals surface area contributed by atoms with Gasteiger partial charge in [0.1, 0.15) is 5.69 Å². The molecule has 0 spiro atoms. The second kappa shape index (κ2) is 7.37. The average molecular weight is 366 g/mol. The number of hydrogen-bond acceptors (Lipinski definition) is 5. The molecule has 0 aliphatic carbocycles. The maximum Gasteiger partial charge on any atom is 0.275 e. The van der Waals surface area contributed by atoms with Crippen LogP contribution in [0.3, 0.4) is 0 Å². The molecular weight excluding hydrogens is 348 g/mol. The smallest absolute Gasteiger partial charge is 0.275 e. The van der Waals surface area contributed by atoms with E-state index in [9.17, 15) is 9.59 Å². The van der Waals surface area contributed by atoms with E-state index < -0.39 is 5.91 Å². The molecule has 0 aliphatic heterocycles. The summed E-state index contributed by atoms with van der Waals surface area (Å²) in [4.78, 5) is 27.7. The lowest BCUT2D eigenvalue weighted by molar-refractivity contribution is 0.0998. The van der Waals surface area contributed by atoms with Crippen LogP contribution in [0.5, 0.6) is 0 Å². The molecule has 3 aromatic rings. The number of aryl methyl sites for hydroxylation is 2. The number of benzene rings is 2. The quantitative estimate of drug-likeness (QED) is 0.639. The number of nitrogens with two attached hydrogens (primary N) is 1. The zero-order chi connectivity index (χ0) is 18.7. The van der Waals surface area contributed by atoms with Gasteiger partial charge in [0.15, 0.2) is 5.13 Å². The molecule has 0 saturated heterocycles. The summed E-state index contributed by atoms with van der Waals surface area (Å²) in [5, 5.41) is 8.32. The first kappa shape index (κ1) is 17.6. The first-order valence-electron chi connectivity index (χ1n) is 7.93. The number of hydrogen-bond donors (Lipinski definition) is 3. The third kappa shape index (κ3) is 4.07. The van der Waals surface area contributed by atoms with Gasteiger partial charge in [-0.1, -0.05) is 17.7 Å². The fourth-order valence-corrected chi connectivity index (χ4v) is 3.12. The third-order valence-corrected chi connectivity index (χ3v) is 4.55. The highest BCUT2D eigenvalue weighted by Crippen LogP contribution is 2.24. The van der Waals surface area contributed by atoms with Gasteiger partial charge in [0.2, 0.25) is 5.91 Å². The van der Waals surface area contributed by atoms with Crippen LogP contribution in [0.4, 0.5) is 16.5 Å². The number of nitrogens with zero attached hydrogens (tertiary/aromatic N) is 1. The number of carbonyl (C=O) groups excluding carboxylic acids is 2. The van der Waals surface area contributed by atoms with Crippen LogP contribution in [0, 0.1) is 13.8 Å². The molecule has 7 heteroatoms. The molecule has 0 saturated carbocycles. The monoisotopic (exact) mass is 366 g/mol. The van der Waals surface area contributed by atoms with Crippen molar-refractivity contribution >= 4 is 39.7 Å². The number of amides is 2. The fraction of sp³-hybridized carbons (Fsp3) is 0.105. The molecular formula is C19H18N4O2S. The normalized spacial score (nSPS) is 10.4. The van der Waals surface area contributed by atoms with Crippen LogP contribution in [0.15, 0.2) is 47.8 Å². The second-order valence-electron chi connectivity index (χ2n) is 5.88. The van der Waals surface area contributed by atoms with Gasteiger partial charge in [-0.05, 0) is 49.7 Å². The Morgan fingerprint density at radius 2 is 1.81 bits per heavy atom. The van der Waals surface area contributed by atoms with Crippen molar-refractivity contribution in [3.8, 4) is 0 Å². The highest BCUT2D eigenvalue weighted by atomic mass is 32.1. The molecule has 0 aliphatic rings. The average Bonchev–Trinajstić information content (AvgIpc) is 3.07. The van der Waals surface area contributed by atoms with Crippen molar-refractivity contribution in [3.05, 3.63) is 70.2 Å². The Hall–Kier alpha value is -3.19. The van der Waals surface area contributed by atoms with Crippen LogP contribution in [0.25, 0.3) is 0 Å². The van der Waals surface area contributed by atoms with Crippen molar-refractivity contribution in [2.75, 3.05) is 10.6 Å². The Morgan fingerprint density at radius 1 is 1.08 bits per heavy atom. The van der Waals surface area contributed by atoms with Crippen LogP contribution >= 0.6 is 11.3 Å². The zero-order valence-electron chi connectivity index (χ0n) is 14.4. The third-order valence-electron chi connectivity index (χ3n) is 3.79. The van der Waals surface area contributed by atoms with Crippen molar-refractivity contribution in [1.29, 1.82) is 0 Å². The molecule has 1 aromatic heterocycles. The summed E-state index contributed by atoms with van der Waals surface area (Å²) in [5.74, 6) is -0.828. The van der Waals surface area contributed by atoms with Crippen molar-refractivity contribution < 1.29 is 9.59 Å². The van der Waals surface area contributed by atoms with E-state index in [-0.39, 0.29) is 5.91 Å². The Morgan fingerprint density at radius 3 is 2.46 bits per heavy atom. The minimum absolute atomic E-state index is 0.318. The van der Waals surface area contributed by atoms with Crippen LogP contribution in [-0.4, -0.2) is 16.8 Å². The van der Waals surface area contributed by atoms with Gasteiger partial charge in [0.05, 0.1) is 0 Å². The number of rotatable bonds is 5. The minimum atomic E-state index is -0.510. The molecule has 2 aromatic carbocycles. The first-order valence-corrected chi connectivity index (χ1v) is 8.81. The van der Waals surface area contributed by atoms with E-state index in [4.69, 9.17) is 5.73 Å². The maximum atomic E-state index is 12.3. The zero-order valence-corrected chi connectivity index (χ0v) is 15.2. The summed E-state index contributed by atoms with van der Waals surface area (Å²) < 4.78 is 0. The highest BCUT2D eigenvalue weighted by Gasteiger charge is 2.12. The minimum Gasteiger partial charge on any atom is -0.366 e. The highest BCUT2D eigenvalue weighted by molar-refractivity contribution is 7.14. The molecule has 4 N–H and O–H groups in total. The molecule has 0 fully saturated rings. The summed E-state index contributed by atoms with van der Waals surface area (Å²) in [6.07, 6.45) is 0. The number of primary amides is 1. The molecule has 3 rings (SSSR count). The van der Waals surface area contributed by atoms with Crippen LogP contribution in [0.2, 0.25) is 0 Å². The summed E-state index contributed by atoms with van der Waals surface area (Å²) in [6.45, 7) is 4.06. The van der Waals surface area contributed by atoms with Crippen LogP contribution in [-0.2, 0) is 0 Å². The van der Waals surface area contributed by atoms with Crippen LogP contribution < -0.4 is 16.4 Å². The van der Waals surface area contributed by atoms with Crippen molar-refractivity contribution in [1.82, 2.24) is 4.98 Å². The van der Waals surface area contributed by atoms with Crippen molar-refractivity contribution in [2.45, 2.75) is 13.8 Å². The predicted octanol–water partition coefficient (Wildman–Crippen LogP) is 3.85. The summed E-state index contributed by atoms with van der Waals surface area (Å²) in [5.41, 5.74) is 9.73.